The van der Waals surface area contributed by atoms with Gasteiger partial charge < -0.3 is 9.30 Å². The molecule has 0 N–H and O–H groups in total. The third-order valence-corrected chi connectivity index (χ3v) is 8.95. The van der Waals surface area contributed by atoms with Crippen LogP contribution < -0.4 is 4.80 Å². The monoisotopic (exact) mass is 515 g/mol. The molecule has 10 heteroatoms. The smallest absolute Gasteiger partial charge is 0.326 e. The number of aryl methyl sites for hydroxylation is 1. The minimum absolute atomic E-state index is 0.0577. The Morgan fingerprint density at radius 2 is 1.71 bits per heavy atom. The Hall–Kier alpha value is -2.82. The van der Waals surface area contributed by atoms with Gasteiger partial charge in [-0.1, -0.05) is 36.3 Å². The van der Waals surface area contributed by atoms with Gasteiger partial charge >= 0.3 is 5.97 Å². The van der Waals surface area contributed by atoms with Gasteiger partial charge in [-0.3, -0.25) is 9.59 Å². The number of ether oxygens (including phenoxy) is 1. The first kappa shape index (κ1) is 25.3. The predicted octanol–water partition coefficient (Wildman–Crippen LogP) is 3.88. The SMILES string of the molecule is CCOC(=O)Cn1c(=NC(=O)c2ccc(S(=O)(=O)N3CCCCCC3)cc2)sc2cccc(C)c21. The number of thiazole rings is 1. The number of sulfonamides is 1. The quantitative estimate of drug-likeness (QED) is 0.464. The van der Waals surface area contributed by atoms with E-state index in [9.17, 15) is 18.0 Å². The summed E-state index contributed by atoms with van der Waals surface area (Å²) in [5.41, 5.74) is 2.06. The zero-order chi connectivity index (χ0) is 25.0. The summed E-state index contributed by atoms with van der Waals surface area (Å²) in [4.78, 5) is 30.1. The normalized spacial score (nSPS) is 15.8. The van der Waals surface area contributed by atoms with Crippen LogP contribution >= 0.6 is 11.3 Å². The molecule has 0 aliphatic carbocycles. The van der Waals surface area contributed by atoms with E-state index in [0.717, 1.165) is 41.5 Å². The van der Waals surface area contributed by atoms with Crippen LogP contribution in [0.3, 0.4) is 0 Å². The van der Waals surface area contributed by atoms with Crippen molar-refractivity contribution in [2.45, 2.75) is 51.0 Å². The number of fused-ring (bicyclic) bond motifs is 1. The maximum absolute atomic E-state index is 13.0. The van der Waals surface area contributed by atoms with Gasteiger partial charge in [0.1, 0.15) is 6.54 Å². The Balaban J connectivity index is 1.65. The second-order valence-corrected chi connectivity index (χ2v) is 11.4. The second-order valence-electron chi connectivity index (χ2n) is 8.46. The standard InChI is InChI=1S/C25H29N3O5S2/c1-3-33-22(29)17-28-23-18(2)9-8-10-21(23)34-25(28)26-24(30)19-11-13-20(14-12-19)35(31,32)27-15-6-4-5-7-16-27/h8-14H,3-7,15-17H2,1-2H3. The molecule has 1 amide bonds. The minimum atomic E-state index is -3.60. The number of benzene rings is 2. The highest BCUT2D eigenvalue weighted by Gasteiger charge is 2.25. The highest BCUT2D eigenvalue weighted by molar-refractivity contribution is 7.89. The molecule has 1 aromatic heterocycles. The van der Waals surface area contributed by atoms with E-state index < -0.39 is 21.9 Å². The van der Waals surface area contributed by atoms with Crippen molar-refractivity contribution in [1.82, 2.24) is 8.87 Å². The third kappa shape index (κ3) is 5.55. The molecular formula is C25H29N3O5S2. The van der Waals surface area contributed by atoms with Crippen LogP contribution in [0.5, 0.6) is 0 Å². The topological polar surface area (TPSA) is 98.0 Å². The van der Waals surface area contributed by atoms with Crippen molar-refractivity contribution in [3.8, 4) is 0 Å². The van der Waals surface area contributed by atoms with Crippen molar-refractivity contribution >= 4 is 43.5 Å². The Labute approximate surface area is 208 Å². The maximum atomic E-state index is 13.0. The van der Waals surface area contributed by atoms with E-state index in [1.165, 1.54) is 39.9 Å². The highest BCUT2D eigenvalue weighted by Crippen LogP contribution is 2.22. The fourth-order valence-corrected chi connectivity index (χ4v) is 6.85. The molecule has 1 fully saturated rings. The fraction of sp³-hybridized carbons (Fsp3) is 0.400. The number of hydrogen-bond donors (Lipinski definition) is 0. The van der Waals surface area contributed by atoms with Crippen LogP contribution in [0, 0.1) is 6.92 Å². The van der Waals surface area contributed by atoms with Crippen LogP contribution in [0.15, 0.2) is 52.4 Å². The average Bonchev–Trinajstić information content (AvgIpc) is 3.00. The lowest BCUT2D eigenvalue weighted by Crippen LogP contribution is -2.31. The largest absolute Gasteiger partial charge is 0.465 e. The molecule has 1 saturated heterocycles. The van der Waals surface area contributed by atoms with Gasteiger partial charge in [0.2, 0.25) is 10.0 Å². The fourth-order valence-electron chi connectivity index (χ4n) is 4.23. The van der Waals surface area contributed by atoms with Crippen molar-refractivity contribution in [2.75, 3.05) is 19.7 Å². The van der Waals surface area contributed by atoms with E-state index in [-0.39, 0.29) is 23.6 Å². The van der Waals surface area contributed by atoms with Crippen molar-refractivity contribution in [1.29, 1.82) is 0 Å². The number of amides is 1. The molecule has 0 radical (unpaired) electrons. The summed E-state index contributed by atoms with van der Waals surface area (Å²) in [6.07, 6.45) is 3.78. The van der Waals surface area contributed by atoms with Crippen molar-refractivity contribution in [3.63, 3.8) is 0 Å². The van der Waals surface area contributed by atoms with Gasteiger partial charge in [0.05, 0.1) is 21.7 Å². The first-order valence-corrected chi connectivity index (χ1v) is 14.0. The molecule has 4 rings (SSSR count). The van der Waals surface area contributed by atoms with Gasteiger partial charge in [-0.2, -0.15) is 9.30 Å². The van der Waals surface area contributed by atoms with Gasteiger partial charge in [0.25, 0.3) is 5.91 Å². The van der Waals surface area contributed by atoms with E-state index in [0.29, 0.717) is 17.9 Å². The highest BCUT2D eigenvalue weighted by atomic mass is 32.2. The van der Waals surface area contributed by atoms with Gasteiger partial charge in [0, 0.05) is 18.7 Å². The van der Waals surface area contributed by atoms with Crippen LogP contribution in [0.2, 0.25) is 0 Å². The van der Waals surface area contributed by atoms with Crippen molar-refractivity contribution in [3.05, 3.63) is 58.4 Å². The van der Waals surface area contributed by atoms with Crippen molar-refractivity contribution < 1.29 is 22.7 Å². The van der Waals surface area contributed by atoms with E-state index in [1.54, 1.807) is 11.5 Å². The summed E-state index contributed by atoms with van der Waals surface area (Å²) in [5.74, 6) is -0.919. The molecular weight excluding hydrogens is 486 g/mol. The molecule has 1 aliphatic heterocycles. The first-order valence-electron chi connectivity index (χ1n) is 11.7. The van der Waals surface area contributed by atoms with Gasteiger partial charge in [-0.25, -0.2) is 8.42 Å². The number of esters is 1. The van der Waals surface area contributed by atoms with Gasteiger partial charge in [0.15, 0.2) is 4.80 Å². The summed E-state index contributed by atoms with van der Waals surface area (Å²) in [6, 6.07) is 11.7. The number of carbonyl (C=O) groups excluding carboxylic acids is 2. The molecule has 0 spiro atoms. The van der Waals surface area contributed by atoms with Gasteiger partial charge in [-0.15, -0.1) is 0 Å². The van der Waals surface area contributed by atoms with Crippen LogP contribution in [-0.2, 0) is 26.1 Å². The van der Waals surface area contributed by atoms with Crippen LogP contribution in [0.1, 0.15) is 48.5 Å². The number of carbonyl (C=O) groups is 2. The van der Waals surface area contributed by atoms with E-state index in [2.05, 4.69) is 4.99 Å². The molecule has 0 saturated carbocycles. The number of nitrogens with zero attached hydrogens (tertiary/aromatic N) is 3. The molecule has 1 aliphatic rings. The van der Waals surface area contributed by atoms with Crippen molar-refractivity contribution in [2.24, 2.45) is 4.99 Å². The third-order valence-electron chi connectivity index (χ3n) is 6.00. The Bertz CT molecular complexity index is 1400. The molecule has 186 valence electrons. The Kier molecular flexibility index (Phi) is 7.83. The zero-order valence-corrected chi connectivity index (χ0v) is 21.5. The second kappa shape index (κ2) is 10.8. The molecule has 0 atom stereocenters. The number of para-hydroxylation sites is 1. The lowest BCUT2D eigenvalue weighted by molar-refractivity contribution is -0.143. The lowest BCUT2D eigenvalue weighted by Gasteiger charge is -2.19. The van der Waals surface area contributed by atoms with Crippen LogP contribution in [0.4, 0.5) is 0 Å². The minimum Gasteiger partial charge on any atom is -0.465 e. The Morgan fingerprint density at radius 1 is 1.03 bits per heavy atom. The number of hydrogen-bond acceptors (Lipinski definition) is 6. The summed E-state index contributed by atoms with van der Waals surface area (Å²) >= 11 is 1.31. The first-order chi connectivity index (χ1) is 16.8. The molecule has 0 bridgehead atoms. The molecule has 8 nitrogen and oxygen atoms in total. The van der Waals surface area contributed by atoms with Gasteiger partial charge in [-0.05, 0) is 62.6 Å². The average molecular weight is 516 g/mol. The Morgan fingerprint density at radius 3 is 2.37 bits per heavy atom. The summed E-state index contributed by atoms with van der Waals surface area (Å²) in [5, 5.41) is 0. The van der Waals surface area contributed by atoms with E-state index in [1.807, 2.05) is 25.1 Å². The molecule has 0 unspecified atom stereocenters. The predicted molar refractivity (Wildman–Crippen MR) is 135 cm³/mol. The number of rotatable bonds is 6. The molecule has 2 aromatic carbocycles. The summed E-state index contributed by atoms with van der Waals surface area (Å²) < 4.78 is 35.3. The van der Waals surface area contributed by atoms with Crippen LogP contribution in [0.25, 0.3) is 10.2 Å². The lowest BCUT2D eigenvalue weighted by atomic mass is 10.2. The van der Waals surface area contributed by atoms with E-state index in [4.69, 9.17) is 4.74 Å². The zero-order valence-electron chi connectivity index (χ0n) is 19.9. The molecule has 3 aromatic rings. The van der Waals surface area contributed by atoms with Crippen LogP contribution in [-0.4, -0.2) is 48.9 Å². The van der Waals surface area contributed by atoms with E-state index >= 15 is 0 Å². The summed E-state index contributed by atoms with van der Waals surface area (Å²) in [7, 11) is -3.60. The summed E-state index contributed by atoms with van der Waals surface area (Å²) in [6.45, 7) is 4.92. The molecule has 35 heavy (non-hydrogen) atoms. The number of aromatic nitrogens is 1. The molecule has 2 heterocycles. The maximum Gasteiger partial charge on any atom is 0.326 e.